The Balaban J connectivity index is 0.000000134. The van der Waals surface area contributed by atoms with Crippen LogP contribution in [0.15, 0.2) is 328 Å². The Morgan fingerprint density at radius 1 is 0.186 bits per heavy atom. The first-order valence-electron chi connectivity index (χ1n) is 29.8. The molecule has 0 amide bonds. The van der Waals surface area contributed by atoms with Gasteiger partial charge in [-0.15, -0.1) is 0 Å². The second-order valence-electron chi connectivity index (χ2n) is 22.6. The van der Waals surface area contributed by atoms with Gasteiger partial charge in [-0.1, -0.05) is 273 Å². The van der Waals surface area contributed by atoms with Crippen LogP contribution in [0.5, 0.6) is 0 Å². The molecule has 86 heavy (non-hydrogen) atoms. The van der Waals surface area contributed by atoms with E-state index in [0.29, 0.717) is 0 Å². The molecule has 2 heterocycles. The van der Waals surface area contributed by atoms with Crippen molar-refractivity contribution in [3.63, 3.8) is 0 Å². The molecule has 0 fully saturated rings. The third kappa shape index (κ3) is 7.74. The van der Waals surface area contributed by atoms with E-state index in [9.17, 15) is 0 Å². The molecule has 0 aliphatic rings. The standard InChI is InChI=1S/2C42H27N/c1-3-15-28(16-4-1)40-32-21-8-10-23-34(32)41(35-24-11-9-22-33(35)40)37-27-38-31-20-13-14-26-39(31)43(29-17-5-2-6-18-29)42(38)36-25-12-7-19-30(36)37;1-3-14-28(15-4-1)40-32-20-9-11-22-34(32)41(35-23-12-10-21-33(35)40)36-24-13-25-38-42(36)37-26-29-16-7-8-17-30(29)27-39(37)43(38)31-18-5-2-6-19-31/h2*1-27H. The number of hydrogen-bond donors (Lipinski definition) is 0. The van der Waals surface area contributed by atoms with Crippen LogP contribution >= 0.6 is 0 Å². The van der Waals surface area contributed by atoms with Gasteiger partial charge in [-0.05, 0) is 158 Å². The Morgan fingerprint density at radius 2 is 0.558 bits per heavy atom. The number of para-hydroxylation sites is 3. The topological polar surface area (TPSA) is 9.86 Å². The summed E-state index contributed by atoms with van der Waals surface area (Å²) in [5.74, 6) is 0. The van der Waals surface area contributed by atoms with Crippen molar-refractivity contribution in [3.8, 4) is 55.9 Å². The first-order valence-corrected chi connectivity index (χ1v) is 29.8. The molecule has 0 N–H and O–H groups in total. The Bertz CT molecular complexity index is 5570. The third-order valence-electron chi connectivity index (χ3n) is 17.9. The molecule has 0 atom stereocenters. The smallest absolute Gasteiger partial charge is 0.0619 e. The Kier molecular flexibility index (Phi) is 11.6. The number of rotatable bonds is 6. The Morgan fingerprint density at radius 3 is 1.07 bits per heavy atom. The maximum atomic E-state index is 2.45. The summed E-state index contributed by atoms with van der Waals surface area (Å²) in [6.07, 6.45) is 0. The van der Waals surface area contributed by atoms with Crippen molar-refractivity contribution in [1.29, 1.82) is 0 Å². The summed E-state index contributed by atoms with van der Waals surface area (Å²) in [6, 6.07) is 119. The van der Waals surface area contributed by atoms with E-state index in [1.165, 1.54) is 164 Å². The average molecular weight is 1090 g/mol. The molecule has 2 nitrogen and oxygen atoms in total. The quantitative estimate of drug-likeness (QED) is 0.147. The first kappa shape index (κ1) is 49.3. The number of hydrogen-bond acceptors (Lipinski definition) is 0. The van der Waals surface area contributed by atoms with Gasteiger partial charge in [0, 0.05) is 38.3 Å². The van der Waals surface area contributed by atoms with E-state index in [1.54, 1.807) is 0 Å². The highest BCUT2D eigenvalue weighted by atomic mass is 15.0. The van der Waals surface area contributed by atoms with Crippen LogP contribution in [0.4, 0.5) is 0 Å². The summed E-state index contributed by atoms with van der Waals surface area (Å²) in [4.78, 5) is 0. The lowest BCUT2D eigenvalue weighted by Crippen LogP contribution is -1.95. The fourth-order valence-electron chi connectivity index (χ4n) is 14.4. The van der Waals surface area contributed by atoms with Crippen molar-refractivity contribution in [2.24, 2.45) is 0 Å². The van der Waals surface area contributed by atoms with Crippen LogP contribution in [0, 0.1) is 0 Å². The van der Waals surface area contributed by atoms with Crippen LogP contribution in [0.3, 0.4) is 0 Å². The van der Waals surface area contributed by atoms with Crippen molar-refractivity contribution >= 4 is 108 Å². The molecular formula is C84H54N2. The number of benzene rings is 16. The van der Waals surface area contributed by atoms with Gasteiger partial charge in [0.05, 0.1) is 22.1 Å². The highest BCUT2D eigenvalue weighted by Crippen LogP contribution is 2.50. The van der Waals surface area contributed by atoms with E-state index >= 15 is 0 Å². The van der Waals surface area contributed by atoms with Gasteiger partial charge >= 0.3 is 0 Å². The molecule has 0 radical (unpaired) electrons. The van der Waals surface area contributed by atoms with Gasteiger partial charge in [-0.2, -0.15) is 0 Å². The average Bonchev–Trinajstić information content (AvgIpc) is 1.69. The largest absolute Gasteiger partial charge is 0.309 e. The molecule has 0 saturated heterocycles. The van der Waals surface area contributed by atoms with E-state index < -0.39 is 0 Å². The third-order valence-corrected chi connectivity index (χ3v) is 17.9. The van der Waals surface area contributed by atoms with Crippen molar-refractivity contribution in [3.05, 3.63) is 328 Å². The summed E-state index contributed by atoms with van der Waals surface area (Å²) in [5, 5.41) is 20.3. The molecule has 0 aliphatic heterocycles. The lowest BCUT2D eigenvalue weighted by Gasteiger charge is -2.19. The zero-order valence-electron chi connectivity index (χ0n) is 47.1. The SMILES string of the molecule is c1ccc(-c2c3ccccc3c(-c3cc4c5ccccc5n(-c5ccccc5)c4c4ccccc34)c3ccccc23)cc1.c1ccc(-c2c3ccccc3c(-c3cccc4c3c3cc5ccccc5cc3n4-c3ccccc3)c3ccccc23)cc1. The highest BCUT2D eigenvalue weighted by molar-refractivity contribution is 6.30. The molecule has 18 rings (SSSR count). The monoisotopic (exact) mass is 1090 g/mol. The van der Waals surface area contributed by atoms with Crippen molar-refractivity contribution in [2.45, 2.75) is 0 Å². The molecule has 16 aromatic carbocycles. The van der Waals surface area contributed by atoms with Gasteiger partial charge in [0.1, 0.15) is 0 Å². The molecule has 2 heteroatoms. The fourth-order valence-corrected chi connectivity index (χ4v) is 14.4. The van der Waals surface area contributed by atoms with Gasteiger partial charge in [0.15, 0.2) is 0 Å². The fraction of sp³-hybridized carbons (Fsp3) is 0. The lowest BCUT2D eigenvalue weighted by atomic mass is 9.84. The second-order valence-corrected chi connectivity index (χ2v) is 22.6. The summed E-state index contributed by atoms with van der Waals surface area (Å²) in [6.45, 7) is 0. The summed E-state index contributed by atoms with van der Waals surface area (Å²) < 4.78 is 4.87. The molecule has 0 spiro atoms. The van der Waals surface area contributed by atoms with Crippen LogP contribution in [0.2, 0.25) is 0 Å². The minimum absolute atomic E-state index is 1.17. The van der Waals surface area contributed by atoms with Gasteiger partial charge in [0.25, 0.3) is 0 Å². The van der Waals surface area contributed by atoms with E-state index in [1.807, 2.05) is 0 Å². The number of aromatic nitrogens is 2. The first-order chi connectivity index (χ1) is 42.7. The summed E-state index contributed by atoms with van der Waals surface area (Å²) in [7, 11) is 0. The van der Waals surface area contributed by atoms with Crippen molar-refractivity contribution in [2.75, 3.05) is 0 Å². The van der Waals surface area contributed by atoms with E-state index in [2.05, 4.69) is 337 Å². The maximum absolute atomic E-state index is 2.45. The van der Waals surface area contributed by atoms with Crippen molar-refractivity contribution in [1.82, 2.24) is 9.13 Å². The van der Waals surface area contributed by atoms with Crippen molar-refractivity contribution < 1.29 is 0 Å². The Labute approximate surface area is 497 Å². The minimum Gasteiger partial charge on any atom is -0.309 e. The predicted molar refractivity (Wildman–Crippen MR) is 368 cm³/mol. The molecule has 18 aromatic rings. The van der Waals surface area contributed by atoms with E-state index in [4.69, 9.17) is 0 Å². The number of fused-ring (bicyclic) bond motifs is 13. The maximum Gasteiger partial charge on any atom is 0.0619 e. The Hall–Kier alpha value is -11.3. The van der Waals surface area contributed by atoms with Gasteiger partial charge < -0.3 is 9.13 Å². The zero-order chi connectivity index (χ0) is 56.7. The van der Waals surface area contributed by atoms with Gasteiger partial charge in [-0.25, -0.2) is 0 Å². The molecule has 0 bridgehead atoms. The second kappa shape index (κ2) is 20.2. The molecule has 400 valence electrons. The van der Waals surface area contributed by atoms with Crippen LogP contribution < -0.4 is 0 Å². The molecule has 0 aliphatic carbocycles. The summed E-state index contributed by atoms with van der Waals surface area (Å²) >= 11 is 0. The van der Waals surface area contributed by atoms with E-state index in [0.717, 1.165) is 0 Å². The molecular weight excluding hydrogens is 1040 g/mol. The number of nitrogens with zero attached hydrogens (tertiary/aromatic N) is 2. The molecule has 0 saturated carbocycles. The zero-order valence-corrected chi connectivity index (χ0v) is 47.1. The molecule has 0 unspecified atom stereocenters. The van der Waals surface area contributed by atoms with Crippen LogP contribution in [0.25, 0.3) is 164 Å². The van der Waals surface area contributed by atoms with E-state index in [-0.39, 0.29) is 0 Å². The predicted octanol–water partition coefficient (Wildman–Crippen LogP) is 23.2. The summed E-state index contributed by atoms with van der Waals surface area (Å²) in [5.41, 5.74) is 17.4. The minimum atomic E-state index is 1.17. The van der Waals surface area contributed by atoms with Crippen LogP contribution in [-0.2, 0) is 0 Å². The normalized spacial score (nSPS) is 11.7. The van der Waals surface area contributed by atoms with Gasteiger partial charge in [-0.3, -0.25) is 0 Å². The van der Waals surface area contributed by atoms with Crippen LogP contribution in [0.1, 0.15) is 0 Å². The highest BCUT2D eigenvalue weighted by Gasteiger charge is 2.24. The van der Waals surface area contributed by atoms with Gasteiger partial charge in [0.2, 0.25) is 0 Å². The lowest BCUT2D eigenvalue weighted by molar-refractivity contribution is 1.18. The molecule has 2 aromatic heterocycles. The van der Waals surface area contributed by atoms with Crippen LogP contribution in [-0.4, -0.2) is 9.13 Å².